The number of ketones is 1. The predicted octanol–water partition coefficient (Wildman–Crippen LogP) is 3.39. The minimum Gasteiger partial charge on any atom is -0.293 e. The maximum absolute atomic E-state index is 11.7. The maximum Gasteiger partial charge on any atom is 0.178 e. The normalized spacial score (nSPS) is 10.4. The van der Waals surface area contributed by atoms with E-state index in [9.17, 15) is 4.79 Å². The lowest BCUT2D eigenvalue weighted by Gasteiger charge is -1.92. The number of aromatic nitrogens is 1. The average Bonchev–Trinajstić information content (AvgIpc) is 2.75. The zero-order chi connectivity index (χ0) is 9.97. The Morgan fingerprint density at radius 1 is 1.50 bits per heavy atom. The molecule has 0 aromatic carbocycles. The number of rotatable bonds is 3. The molecule has 5 heteroatoms. The average molecular weight is 288 g/mol. The van der Waals surface area contributed by atoms with Gasteiger partial charge in [0.15, 0.2) is 5.78 Å². The molecule has 0 aliphatic heterocycles. The van der Waals surface area contributed by atoms with Crippen LogP contribution in [0.5, 0.6) is 0 Å². The van der Waals surface area contributed by atoms with Gasteiger partial charge in [0.2, 0.25) is 0 Å². The van der Waals surface area contributed by atoms with E-state index in [1.807, 2.05) is 11.4 Å². The molecule has 0 bridgehead atoms. The number of halogens is 1. The predicted molar refractivity (Wildman–Crippen MR) is 62.2 cm³/mol. The van der Waals surface area contributed by atoms with Crippen LogP contribution in [-0.4, -0.2) is 10.8 Å². The number of thiophene rings is 1. The van der Waals surface area contributed by atoms with E-state index < -0.39 is 0 Å². The Hall–Kier alpha value is -0.520. The van der Waals surface area contributed by atoms with Gasteiger partial charge in [0.25, 0.3) is 0 Å². The first-order valence-corrected chi connectivity index (χ1v) is 6.45. The first-order chi connectivity index (χ1) is 6.75. The van der Waals surface area contributed by atoms with Crippen LogP contribution in [0.1, 0.15) is 14.5 Å². The standard InChI is InChI=1S/C9H6BrNOS2/c10-6-1-9(13-4-6)8(12)2-7-3-11-5-14-7/h1,3-5H,2H2. The van der Waals surface area contributed by atoms with Crippen molar-refractivity contribution in [2.45, 2.75) is 6.42 Å². The van der Waals surface area contributed by atoms with Crippen LogP contribution in [0.15, 0.2) is 27.6 Å². The molecular formula is C9H6BrNOS2. The SMILES string of the molecule is O=C(Cc1cncs1)c1cc(Br)cs1. The van der Waals surface area contributed by atoms with E-state index in [4.69, 9.17) is 0 Å². The molecule has 0 N–H and O–H groups in total. The molecule has 2 nitrogen and oxygen atoms in total. The summed E-state index contributed by atoms with van der Waals surface area (Å²) in [4.78, 5) is 17.4. The van der Waals surface area contributed by atoms with Crippen molar-refractivity contribution in [3.05, 3.63) is 37.4 Å². The number of thiazole rings is 1. The van der Waals surface area contributed by atoms with E-state index in [-0.39, 0.29) is 5.78 Å². The Labute approximate surface area is 97.7 Å². The quantitative estimate of drug-likeness (QED) is 0.810. The zero-order valence-electron chi connectivity index (χ0n) is 7.07. The van der Waals surface area contributed by atoms with E-state index >= 15 is 0 Å². The molecular weight excluding hydrogens is 282 g/mol. The van der Waals surface area contributed by atoms with Crippen LogP contribution in [0.4, 0.5) is 0 Å². The molecule has 2 rings (SSSR count). The van der Waals surface area contributed by atoms with Gasteiger partial charge in [-0.15, -0.1) is 22.7 Å². The third-order valence-corrected chi connectivity index (χ3v) is 4.17. The van der Waals surface area contributed by atoms with Crippen LogP contribution < -0.4 is 0 Å². The number of carbonyl (C=O) groups is 1. The topological polar surface area (TPSA) is 30.0 Å². The lowest BCUT2D eigenvalue weighted by Crippen LogP contribution is -1.98. The molecule has 0 amide bonds. The molecule has 2 aromatic rings. The van der Waals surface area contributed by atoms with Gasteiger partial charge in [0.1, 0.15) is 0 Å². The summed E-state index contributed by atoms with van der Waals surface area (Å²) in [5, 5.41) is 1.92. The lowest BCUT2D eigenvalue weighted by molar-refractivity contribution is 0.0997. The Bertz CT molecular complexity index is 435. The molecule has 2 heterocycles. The summed E-state index contributed by atoms with van der Waals surface area (Å²) in [7, 11) is 0. The number of hydrogen-bond acceptors (Lipinski definition) is 4. The largest absolute Gasteiger partial charge is 0.293 e. The summed E-state index contributed by atoms with van der Waals surface area (Å²) < 4.78 is 0.968. The molecule has 0 radical (unpaired) electrons. The van der Waals surface area contributed by atoms with Crippen molar-refractivity contribution in [1.29, 1.82) is 0 Å². The lowest BCUT2D eigenvalue weighted by atomic mass is 10.2. The fourth-order valence-electron chi connectivity index (χ4n) is 1.03. The van der Waals surface area contributed by atoms with Crippen molar-refractivity contribution < 1.29 is 4.79 Å². The monoisotopic (exact) mass is 287 g/mol. The number of nitrogens with zero attached hydrogens (tertiary/aromatic N) is 1. The highest BCUT2D eigenvalue weighted by atomic mass is 79.9. The highest BCUT2D eigenvalue weighted by Crippen LogP contribution is 2.21. The van der Waals surface area contributed by atoms with Crippen LogP contribution in [-0.2, 0) is 6.42 Å². The van der Waals surface area contributed by atoms with Crippen molar-refractivity contribution in [1.82, 2.24) is 4.98 Å². The van der Waals surface area contributed by atoms with Gasteiger partial charge in [-0.05, 0) is 22.0 Å². The van der Waals surface area contributed by atoms with E-state index in [1.165, 1.54) is 22.7 Å². The smallest absolute Gasteiger partial charge is 0.178 e. The summed E-state index contributed by atoms with van der Waals surface area (Å²) in [6.07, 6.45) is 2.20. The van der Waals surface area contributed by atoms with Crippen molar-refractivity contribution in [2.24, 2.45) is 0 Å². The Morgan fingerprint density at radius 3 is 2.93 bits per heavy atom. The second kappa shape index (κ2) is 4.33. The molecule has 2 aromatic heterocycles. The van der Waals surface area contributed by atoms with E-state index in [1.54, 1.807) is 11.7 Å². The van der Waals surface area contributed by atoms with Crippen LogP contribution in [0.25, 0.3) is 0 Å². The number of carbonyl (C=O) groups excluding carboxylic acids is 1. The summed E-state index contributed by atoms with van der Waals surface area (Å²) in [6, 6.07) is 1.86. The Morgan fingerprint density at radius 2 is 2.36 bits per heavy atom. The maximum atomic E-state index is 11.7. The first-order valence-electron chi connectivity index (χ1n) is 3.90. The molecule has 0 spiro atoms. The van der Waals surface area contributed by atoms with Crippen LogP contribution >= 0.6 is 38.6 Å². The van der Waals surface area contributed by atoms with Crippen molar-refractivity contribution >= 4 is 44.4 Å². The van der Waals surface area contributed by atoms with Gasteiger partial charge in [-0.25, -0.2) is 0 Å². The summed E-state index contributed by atoms with van der Waals surface area (Å²) in [5.74, 6) is 0.157. The fraction of sp³-hybridized carbons (Fsp3) is 0.111. The van der Waals surface area contributed by atoms with Crippen molar-refractivity contribution in [3.63, 3.8) is 0 Å². The molecule has 0 unspecified atom stereocenters. The zero-order valence-corrected chi connectivity index (χ0v) is 10.3. The Kier molecular flexibility index (Phi) is 3.10. The van der Waals surface area contributed by atoms with Crippen LogP contribution in [0.3, 0.4) is 0 Å². The van der Waals surface area contributed by atoms with E-state index in [0.29, 0.717) is 6.42 Å². The second-order valence-corrected chi connectivity index (χ2v) is 5.49. The van der Waals surface area contributed by atoms with E-state index in [0.717, 1.165) is 14.2 Å². The Balaban J connectivity index is 2.10. The fourth-order valence-corrected chi connectivity index (χ4v) is 2.99. The van der Waals surface area contributed by atoms with Crippen molar-refractivity contribution in [2.75, 3.05) is 0 Å². The van der Waals surface area contributed by atoms with E-state index in [2.05, 4.69) is 20.9 Å². The third kappa shape index (κ3) is 2.29. The van der Waals surface area contributed by atoms with Gasteiger partial charge in [0.05, 0.1) is 10.4 Å². The van der Waals surface area contributed by atoms with Gasteiger partial charge in [-0.2, -0.15) is 0 Å². The van der Waals surface area contributed by atoms with Gasteiger partial charge in [0, 0.05) is 27.3 Å². The van der Waals surface area contributed by atoms with Crippen LogP contribution in [0.2, 0.25) is 0 Å². The molecule has 0 saturated carbocycles. The molecule has 0 aliphatic carbocycles. The van der Waals surface area contributed by atoms with Gasteiger partial charge in [-0.3, -0.25) is 9.78 Å². The molecule has 0 aliphatic rings. The molecule has 72 valence electrons. The third-order valence-electron chi connectivity index (χ3n) is 1.66. The molecule has 0 atom stereocenters. The summed E-state index contributed by atoms with van der Waals surface area (Å²) in [5.41, 5.74) is 1.74. The van der Waals surface area contributed by atoms with Crippen LogP contribution in [0, 0.1) is 0 Å². The van der Waals surface area contributed by atoms with Crippen molar-refractivity contribution in [3.8, 4) is 0 Å². The minimum atomic E-state index is 0.157. The summed E-state index contributed by atoms with van der Waals surface area (Å²) in [6.45, 7) is 0. The van der Waals surface area contributed by atoms with Gasteiger partial charge in [-0.1, -0.05) is 0 Å². The summed E-state index contributed by atoms with van der Waals surface area (Å²) >= 11 is 6.31. The minimum absolute atomic E-state index is 0.157. The second-order valence-electron chi connectivity index (χ2n) is 2.70. The first kappa shape index (κ1) is 10.0. The number of Topliss-reactive ketones (excluding diaryl/α,β-unsaturated/α-hetero) is 1. The molecule has 14 heavy (non-hydrogen) atoms. The highest BCUT2D eigenvalue weighted by Gasteiger charge is 2.10. The molecule has 0 fully saturated rings. The van der Waals surface area contributed by atoms with Gasteiger partial charge >= 0.3 is 0 Å². The number of hydrogen-bond donors (Lipinski definition) is 0. The molecule has 0 saturated heterocycles. The highest BCUT2D eigenvalue weighted by molar-refractivity contribution is 9.10. The van der Waals surface area contributed by atoms with Gasteiger partial charge < -0.3 is 0 Å².